The summed E-state index contributed by atoms with van der Waals surface area (Å²) in [5.41, 5.74) is 0.874. The monoisotopic (exact) mass is 299 g/mol. The van der Waals surface area contributed by atoms with Crippen molar-refractivity contribution in [1.82, 2.24) is 4.90 Å². The van der Waals surface area contributed by atoms with E-state index in [1.807, 2.05) is 30.3 Å². The lowest BCUT2D eigenvalue weighted by atomic mass is 9.88. The predicted molar refractivity (Wildman–Crippen MR) is 91.2 cm³/mol. The molecule has 2 fully saturated rings. The van der Waals surface area contributed by atoms with Crippen molar-refractivity contribution < 1.29 is 4.79 Å². The summed E-state index contributed by atoms with van der Waals surface area (Å²) in [6.07, 6.45) is 13.3. The van der Waals surface area contributed by atoms with Gasteiger partial charge in [0.2, 0.25) is 0 Å². The molecule has 2 aliphatic rings. The zero-order valence-electron chi connectivity index (χ0n) is 13.7. The molecule has 1 aromatic rings. The minimum atomic E-state index is 0.303. The fourth-order valence-corrected chi connectivity index (χ4v) is 4.26. The molecule has 3 rings (SSSR count). The van der Waals surface area contributed by atoms with Gasteiger partial charge in [0.1, 0.15) is 0 Å². The van der Waals surface area contributed by atoms with Crippen molar-refractivity contribution in [2.75, 3.05) is 6.54 Å². The maximum Gasteiger partial charge on any atom is 0.176 e. The van der Waals surface area contributed by atoms with E-state index >= 15 is 0 Å². The summed E-state index contributed by atoms with van der Waals surface area (Å²) in [4.78, 5) is 15.3. The summed E-state index contributed by atoms with van der Waals surface area (Å²) < 4.78 is 0. The van der Waals surface area contributed by atoms with E-state index in [0.717, 1.165) is 5.56 Å². The first kappa shape index (κ1) is 15.7. The highest BCUT2D eigenvalue weighted by atomic mass is 16.1. The van der Waals surface area contributed by atoms with Crippen molar-refractivity contribution in [3.8, 4) is 0 Å². The number of Topliss-reactive ketones (excluding diaryl/α,β-unsaturated/α-hetero) is 1. The van der Waals surface area contributed by atoms with Crippen molar-refractivity contribution in [2.45, 2.75) is 76.3 Å². The number of rotatable bonds is 5. The first-order chi connectivity index (χ1) is 10.8. The molecule has 0 amide bonds. The van der Waals surface area contributed by atoms with Gasteiger partial charge < -0.3 is 0 Å². The van der Waals surface area contributed by atoms with Crippen LogP contribution in [0.2, 0.25) is 0 Å². The van der Waals surface area contributed by atoms with E-state index in [1.165, 1.54) is 64.2 Å². The largest absolute Gasteiger partial charge is 0.293 e. The number of carbonyl (C=O) groups is 1. The second kappa shape index (κ2) is 7.92. The number of benzene rings is 1. The first-order valence-corrected chi connectivity index (χ1v) is 9.18. The molecule has 0 unspecified atom stereocenters. The van der Waals surface area contributed by atoms with E-state index < -0.39 is 0 Å². The van der Waals surface area contributed by atoms with Crippen LogP contribution >= 0.6 is 0 Å². The van der Waals surface area contributed by atoms with Crippen LogP contribution in [0.25, 0.3) is 0 Å². The molecular weight excluding hydrogens is 270 g/mol. The van der Waals surface area contributed by atoms with Gasteiger partial charge in [-0.3, -0.25) is 9.69 Å². The Morgan fingerprint density at radius 1 is 0.818 bits per heavy atom. The lowest BCUT2D eigenvalue weighted by Crippen LogP contribution is -2.47. The Hall–Kier alpha value is -1.15. The van der Waals surface area contributed by atoms with Crippen LogP contribution in [0.5, 0.6) is 0 Å². The lowest BCUT2D eigenvalue weighted by Gasteiger charge is -2.41. The fraction of sp³-hybridized carbons (Fsp3) is 0.650. The average Bonchev–Trinajstić information content (AvgIpc) is 2.62. The zero-order valence-corrected chi connectivity index (χ0v) is 13.7. The Kier molecular flexibility index (Phi) is 5.66. The lowest BCUT2D eigenvalue weighted by molar-refractivity contribution is 0.0644. The molecule has 0 N–H and O–H groups in total. The molecule has 0 atom stereocenters. The molecule has 0 saturated heterocycles. The second-order valence-corrected chi connectivity index (χ2v) is 7.05. The van der Waals surface area contributed by atoms with Gasteiger partial charge in [-0.25, -0.2) is 0 Å². The molecule has 22 heavy (non-hydrogen) atoms. The quantitative estimate of drug-likeness (QED) is 0.725. The van der Waals surface area contributed by atoms with E-state index in [2.05, 4.69) is 4.90 Å². The summed E-state index contributed by atoms with van der Waals surface area (Å²) in [6, 6.07) is 11.1. The van der Waals surface area contributed by atoms with Gasteiger partial charge in [0.15, 0.2) is 5.78 Å². The van der Waals surface area contributed by atoms with Crippen LogP contribution in [0.4, 0.5) is 0 Å². The Labute approximate surface area is 134 Å². The average molecular weight is 299 g/mol. The molecule has 2 nitrogen and oxygen atoms in total. The maximum atomic E-state index is 12.7. The molecule has 2 aliphatic carbocycles. The Morgan fingerprint density at radius 3 is 1.82 bits per heavy atom. The van der Waals surface area contributed by atoms with E-state index in [9.17, 15) is 4.79 Å². The van der Waals surface area contributed by atoms with Crippen LogP contribution in [0, 0.1) is 0 Å². The van der Waals surface area contributed by atoms with Gasteiger partial charge >= 0.3 is 0 Å². The summed E-state index contributed by atoms with van der Waals surface area (Å²) in [6.45, 7) is 0.624. The van der Waals surface area contributed by atoms with E-state index in [1.54, 1.807) is 0 Å². The van der Waals surface area contributed by atoms with Gasteiger partial charge in [0.05, 0.1) is 6.54 Å². The Morgan fingerprint density at radius 2 is 1.32 bits per heavy atom. The smallest absolute Gasteiger partial charge is 0.176 e. The van der Waals surface area contributed by atoms with Crippen molar-refractivity contribution in [1.29, 1.82) is 0 Å². The number of nitrogens with zero attached hydrogens (tertiary/aromatic N) is 1. The fourth-order valence-electron chi connectivity index (χ4n) is 4.26. The van der Waals surface area contributed by atoms with E-state index in [4.69, 9.17) is 0 Å². The van der Waals surface area contributed by atoms with Crippen LogP contribution in [0.3, 0.4) is 0 Å². The SMILES string of the molecule is O=C(CN(C1CCCCC1)C1CCCCC1)c1ccccc1. The van der Waals surface area contributed by atoms with Crippen LogP contribution in [-0.2, 0) is 0 Å². The number of hydrogen-bond acceptors (Lipinski definition) is 2. The van der Waals surface area contributed by atoms with Crippen molar-refractivity contribution >= 4 is 5.78 Å². The molecule has 0 bridgehead atoms. The highest BCUT2D eigenvalue weighted by Gasteiger charge is 2.30. The Bertz CT molecular complexity index is 440. The molecule has 1 aromatic carbocycles. The van der Waals surface area contributed by atoms with Crippen LogP contribution in [0.15, 0.2) is 30.3 Å². The molecule has 0 heterocycles. The van der Waals surface area contributed by atoms with Gasteiger partial charge in [0.25, 0.3) is 0 Å². The van der Waals surface area contributed by atoms with Gasteiger partial charge in [-0.05, 0) is 25.7 Å². The topological polar surface area (TPSA) is 20.3 Å². The summed E-state index contributed by atoms with van der Waals surface area (Å²) in [5.74, 6) is 0.303. The summed E-state index contributed by atoms with van der Waals surface area (Å²) in [5, 5.41) is 0. The molecule has 0 aromatic heterocycles. The van der Waals surface area contributed by atoms with Crippen molar-refractivity contribution in [2.24, 2.45) is 0 Å². The molecule has 0 radical (unpaired) electrons. The predicted octanol–water partition coefficient (Wildman–Crippen LogP) is 4.84. The zero-order chi connectivity index (χ0) is 15.2. The highest BCUT2D eigenvalue weighted by molar-refractivity contribution is 5.97. The van der Waals surface area contributed by atoms with E-state index in [0.29, 0.717) is 24.4 Å². The molecule has 0 spiro atoms. The van der Waals surface area contributed by atoms with E-state index in [-0.39, 0.29) is 0 Å². The van der Waals surface area contributed by atoms with Crippen LogP contribution in [-0.4, -0.2) is 29.3 Å². The Balaban J connectivity index is 1.71. The maximum absolute atomic E-state index is 12.7. The number of carbonyl (C=O) groups excluding carboxylic acids is 1. The molecule has 2 saturated carbocycles. The van der Waals surface area contributed by atoms with Gasteiger partial charge in [-0.15, -0.1) is 0 Å². The third-order valence-corrected chi connectivity index (χ3v) is 5.51. The standard InChI is InChI=1S/C20H29NO/c22-20(17-10-4-1-5-11-17)16-21(18-12-6-2-7-13-18)19-14-8-3-9-15-19/h1,4-5,10-11,18-19H,2-3,6-9,12-16H2. The van der Waals surface area contributed by atoms with Crippen molar-refractivity contribution in [3.05, 3.63) is 35.9 Å². The van der Waals surface area contributed by atoms with Crippen LogP contribution < -0.4 is 0 Å². The molecular formula is C20H29NO. The van der Waals surface area contributed by atoms with Crippen molar-refractivity contribution in [3.63, 3.8) is 0 Å². The summed E-state index contributed by atoms with van der Waals surface area (Å²) >= 11 is 0. The third kappa shape index (κ3) is 3.98. The normalized spacial score (nSPS) is 21.1. The highest BCUT2D eigenvalue weighted by Crippen LogP contribution is 2.30. The second-order valence-electron chi connectivity index (χ2n) is 7.05. The van der Waals surface area contributed by atoms with Gasteiger partial charge in [0, 0.05) is 17.6 Å². The molecule has 2 heteroatoms. The first-order valence-electron chi connectivity index (χ1n) is 9.18. The number of ketones is 1. The molecule has 120 valence electrons. The third-order valence-electron chi connectivity index (χ3n) is 5.51. The van der Waals surface area contributed by atoms with Gasteiger partial charge in [-0.1, -0.05) is 68.9 Å². The minimum Gasteiger partial charge on any atom is -0.293 e. The number of hydrogen-bond donors (Lipinski definition) is 0. The van der Waals surface area contributed by atoms with Gasteiger partial charge in [-0.2, -0.15) is 0 Å². The minimum absolute atomic E-state index is 0.303. The molecule has 0 aliphatic heterocycles. The summed E-state index contributed by atoms with van der Waals surface area (Å²) in [7, 11) is 0. The van der Waals surface area contributed by atoms with Crippen LogP contribution in [0.1, 0.15) is 74.6 Å².